The fourth-order valence-electron chi connectivity index (χ4n) is 3.78. The van der Waals surface area contributed by atoms with Gasteiger partial charge in [0.1, 0.15) is 0 Å². The van der Waals surface area contributed by atoms with Gasteiger partial charge in [0, 0.05) is 24.3 Å². The van der Waals surface area contributed by atoms with E-state index in [-0.39, 0.29) is 5.41 Å². The summed E-state index contributed by atoms with van der Waals surface area (Å²) in [7, 11) is 3.80. The van der Waals surface area contributed by atoms with Crippen LogP contribution in [0.25, 0.3) is 0 Å². The van der Waals surface area contributed by atoms with Crippen LogP contribution in [-0.4, -0.2) is 11.7 Å². The minimum absolute atomic E-state index is 0.377. The summed E-state index contributed by atoms with van der Waals surface area (Å²) in [6, 6.07) is 26.1. The van der Waals surface area contributed by atoms with Crippen LogP contribution in [0.5, 0.6) is 5.06 Å². The molecule has 136 valence electrons. The lowest BCUT2D eigenvalue weighted by molar-refractivity contribution is 0.427. The molecule has 0 saturated carbocycles. The highest BCUT2D eigenvalue weighted by Crippen LogP contribution is 2.48. The highest BCUT2D eigenvalue weighted by Gasteiger charge is 2.40. The zero-order valence-corrected chi connectivity index (χ0v) is 16.7. The Morgan fingerprint density at radius 2 is 1.52 bits per heavy atom. The van der Waals surface area contributed by atoms with Crippen LogP contribution in [0.3, 0.4) is 0 Å². The first-order valence-corrected chi connectivity index (χ1v) is 9.85. The number of nitrogens with zero attached hydrogens (tertiary/aromatic N) is 1. The Labute approximate surface area is 164 Å². The molecule has 2 heterocycles. The number of hydrogen-bond donors (Lipinski definition) is 0. The van der Waals surface area contributed by atoms with Crippen molar-refractivity contribution in [2.24, 2.45) is 7.05 Å². The first-order valence-electron chi connectivity index (χ1n) is 9.04. The summed E-state index contributed by atoms with van der Waals surface area (Å²) < 4.78 is 7.65. The Balaban J connectivity index is 2.09. The van der Waals surface area contributed by atoms with Gasteiger partial charge in [0.25, 0.3) is 0 Å². The first-order chi connectivity index (χ1) is 13.1. The Bertz CT molecular complexity index is 1030. The predicted octanol–water partition coefficient (Wildman–Crippen LogP) is 5.79. The number of ether oxygens (including phenoxy) is 1. The molecule has 0 fully saturated rings. The van der Waals surface area contributed by atoms with Crippen LogP contribution in [0.1, 0.15) is 27.1 Å². The van der Waals surface area contributed by atoms with Crippen molar-refractivity contribution in [1.82, 2.24) is 4.57 Å². The molecule has 4 rings (SSSR count). The maximum Gasteiger partial charge on any atom is 0.173 e. The van der Waals surface area contributed by atoms with E-state index in [1.165, 1.54) is 27.1 Å². The molecule has 0 spiro atoms. The molecule has 2 aromatic carbocycles. The standard InChI is InChI=1S/C24H23NOS/c1-18-9-11-20(12-10-18)24(19-7-5-4-6-8-19,21-15-16-25(2)17-21)22-13-14-23(26-3)27-22/h4-17H,1-3H3. The Morgan fingerprint density at radius 3 is 2.11 bits per heavy atom. The van der Waals surface area contributed by atoms with Crippen LogP contribution in [0, 0.1) is 6.92 Å². The molecule has 4 aromatic rings. The summed E-state index contributed by atoms with van der Waals surface area (Å²) in [4.78, 5) is 1.25. The largest absolute Gasteiger partial charge is 0.487 e. The summed E-state index contributed by atoms with van der Waals surface area (Å²) in [6.45, 7) is 2.13. The lowest BCUT2D eigenvalue weighted by Gasteiger charge is -2.34. The predicted molar refractivity (Wildman–Crippen MR) is 113 cm³/mol. The minimum atomic E-state index is -0.377. The molecule has 3 heteroatoms. The zero-order chi connectivity index (χ0) is 18.9. The average Bonchev–Trinajstić information content (AvgIpc) is 3.35. The summed E-state index contributed by atoms with van der Waals surface area (Å²) >= 11 is 1.71. The van der Waals surface area contributed by atoms with E-state index in [0.29, 0.717) is 0 Å². The van der Waals surface area contributed by atoms with Gasteiger partial charge in [-0.15, -0.1) is 11.3 Å². The molecule has 1 unspecified atom stereocenters. The molecule has 0 amide bonds. The number of thiophene rings is 1. The fraction of sp³-hybridized carbons (Fsp3) is 0.167. The van der Waals surface area contributed by atoms with Gasteiger partial charge >= 0.3 is 0 Å². The Morgan fingerprint density at radius 1 is 0.815 bits per heavy atom. The number of benzene rings is 2. The fourth-order valence-corrected chi connectivity index (χ4v) is 4.85. The van der Waals surface area contributed by atoms with Gasteiger partial charge in [-0.25, -0.2) is 0 Å². The number of methoxy groups -OCH3 is 1. The van der Waals surface area contributed by atoms with Crippen molar-refractivity contribution in [2.75, 3.05) is 7.11 Å². The summed E-state index contributed by atoms with van der Waals surface area (Å²) in [6.07, 6.45) is 4.34. The third kappa shape index (κ3) is 2.98. The van der Waals surface area contributed by atoms with Crippen LogP contribution >= 0.6 is 11.3 Å². The van der Waals surface area contributed by atoms with Crippen LogP contribution in [0.2, 0.25) is 0 Å². The summed E-state index contributed by atoms with van der Waals surface area (Å²) in [5, 5.41) is 0.924. The molecule has 0 aliphatic carbocycles. The normalized spacial score (nSPS) is 13.3. The van der Waals surface area contributed by atoms with Crippen molar-refractivity contribution >= 4 is 11.3 Å². The first kappa shape index (κ1) is 17.6. The van der Waals surface area contributed by atoms with E-state index in [9.17, 15) is 0 Å². The monoisotopic (exact) mass is 373 g/mol. The van der Waals surface area contributed by atoms with Crippen LogP contribution in [0.4, 0.5) is 0 Å². The molecule has 2 nitrogen and oxygen atoms in total. The highest BCUT2D eigenvalue weighted by atomic mass is 32.1. The SMILES string of the molecule is COc1ccc(C(c2ccccc2)(c2ccc(C)cc2)c2ccn(C)c2)s1. The van der Waals surface area contributed by atoms with Crippen molar-refractivity contribution in [3.8, 4) is 5.06 Å². The van der Waals surface area contributed by atoms with E-state index in [1.807, 2.05) is 0 Å². The molecule has 0 bridgehead atoms. The second kappa shape index (κ2) is 7.09. The Hall–Kier alpha value is -2.78. The van der Waals surface area contributed by atoms with Crippen LogP contribution < -0.4 is 4.74 Å². The number of hydrogen-bond acceptors (Lipinski definition) is 2. The highest BCUT2D eigenvalue weighted by molar-refractivity contribution is 7.14. The van der Waals surface area contributed by atoms with Crippen molar-refractivity contribution in [1.29, 1.82) is 0 Å². The maximum absolute atomic E-state index is 5.54. The van der Waals surface area contributed by atoms with Gasteiger partial charge < -0.3 is 9.30 Å². The molecule has 2 aromatic heterocycles. The van der Waals surface area contributed by atoms with Gasteiger partial charge in [-0.3, -0.25) is 0 Å². The maximum atomic E-state index is 5.54. The quantitative estimate of drug-likeness (QED) is 0.432. The molecule has 0 N–H and O–H groups in total. The molecule has 27 heavy (non-hydrogen) atoms. The van der Waals surface area contributed by atoms with Crippen LogP contribution in [0.15, 0.2) is 85.2 Å². The average molecular weight is 374 g/mol. The topological polar surface area (TPSA) is 14.2 Å². The van der Waals surface area contributed by atoms with Gasteiger partial charge in [0.15, 0.2) is 5.06 Å². The third-order valence-corrected chi connectivity index (χ3v) is 6.27. The van der Waals surface area contributed by atoms with Gasteiger partial charge in [-0.05, 0) is 41.8 Å². The number of rotatable bonds is 5. The van der Waals surface area contributed by atoms with Gasteiger partial charge in [0.2, 0.25) is 0 Å². The molecule has 0 aliphatic heterocycles. The number of aromatic nitrogens is 1. The lowest BCUT2D eigenvalue weighted by Crippen LogP contribution is -2.29. The molecule has 0 aliphatic rings. The molecule has 1 atom stereocenters. The summed E-state index contributed by atoms with van der Waals surface area (Å²) in [5.41, 5.74) is 4.65. The van der Waals surface area contributed by atoms with Crippen LogP contribution in [-0.2, 0) is 12.5 Å². The van der Waals surface area contributed by atoms with Crippen molar-refractivity contribution in [3.63, 3.8) is 0 Å². The molecular weight excluding hydrogens is 350 g/mol. The van der Waals surface area contributed by atoms with Gasteiger partial charge in [-0.2, -0.15) is 0 Å². The molecular formula is C24H23NOS. The number of aryl methyl sites for hydroxylation is 2. The molecule has 0 radical (unpaired) electrons. The van der Waals surface area contributed by atoms with Gasteiger partial charge in [-0.1, -0.05) is 60.2 Å². The Kier molecular flexibility index (Phi) is 4.63. The molecule has 0 saturated heterocycles. The smallest absolute Gasteiger partial charge is 0.173 e. The van der Waals surface area contributed by atoms with E-state index >= 15 is 0 Å². The van der Waals surface area contributed by atoms with Gasteiger partial charge in [0.05, 0.1) is 12.5 Å². The van der Waals surface area contributed by atoms with E-state index in [0.717, 1.165) is 5.06 Å². The van der Waals surface area contributed by atoms with Crippen molar-refractivity contribution in [2.45, 2.75) is 12.3 Å². The third-order valence-electron chi connectivity index (χ3n) is 5.11. The van der Waals surface area contributed by atoms with Crippen molar-refractivity contribution < 1.29 is 4.74 Å². The van der Waals surface area contributed by atoms with Crippen molar-refractivity contribution in [3.05, 3.63) is 112 Å². The second-order valence-corrected chi connectivity index (χ2v) is 7.92. The van der Waals surface area contributed by atoms with E-state index in [4.69, 9.17) is 4.74 Å². The van der Waals surface area contributed by atoms with E-state index in [2.05, 4.69) is 104 Å². The lowest BCUT2D eigenvalue weighted by atomic mass is 9.69. The second-order valence-electron chi connectivity index (χ2n) is 6.87. The minimum Gasteiger partial charge on any atom is -0.487 e. The summed E-state index contributed by atoms with van der Waals surface area (Å²) in [5.74, 6) is 0. The van der Waals surface area contributed by atoms with E-state index < -0.39 is 0 Å². The van der Waals surface area contributed by atoms with E-state index in [1.54, 1.807) is 18.4 Å². The zero-order valence-electron chi connectivity index (χ0n) is 15.8.